The zero-order valence-corrected chi connectivity index (χ0v) is 11.5. The van der Waals surface area contributed by atoms with Gasteiger partial charge in [0.25, 0.3) is 0 Å². The fourth-order valence-electron chi connectivity index (χ4n) is 2.41. The first-order valence-electron chi connectivity index (χ1n) is 6.74. The molecule has 2 rings (SSSR count). The predicted molar refractivity (Wildman–Crippen MR) is 74.5 cm³/mol. The van der Waals surface area contributed by atoms with Crippen LogP contribution in [0.3, 0.4) is 0 Å². The summed E-state index contributed by atoms with van der Waals surface area (Å²) in [6.07, 6.45) is 3.06. The van der Waals surface area contributed by atoms with Crippen LogP contribution in [0, 0.1) is 0 Å². The molecule has 4 nitrogen and oxygen atoms in total. The highest BCUT2D eigenvalue weighted by atomic mass is 15.2. The lowest BCUT2D eigenvalue weighted by Crippen LogP contribution is -2.49. The van der Waals surface area contributed by atoms with Crippen LogP contribution in [0.15, 0.2) is 24.4 Å². The zero-order chi connectivity index (χ0) is 12.8. The lowest BCUT2D eigenvalue weighted by Gasteiger charge is -2.31. The van der Waals surface area contributed by atoms with Gasteiger partial charge in [0, 0.05) is 38.4 Å². The Hall–Kier alpha value is -0.970. The largest absolute Gasteiger partial charge is 0.311 e. The van der Waals surface area contributed by atoms with E-state index in [1.165, 1.54) is 13.0 Å². The number of piperazine rings is 1. The van der Waals surface area contributed by atoms with Crippen LogP contribution < -0.4 is 5.32 Å². The van der Waals surface area contributed by atoms with Gasteiger partial charge in [-0.3, -0.25) is 4.98 Å². The van der Waals surface area contributed by atoms with Crippen molar-refractivity contribution < 1.29 is 0 Å². The summed E-state index contributed by atoms with van der Waals surface area (Å²) in [6.45, 7) is 5.49. The molecule has 1 aliphatic rings. The number of pyridine rings is 1. The van der Waals surface area contributed by atoms with E-state index in [1.54, 1.807) is 0 Å². The van der Waals surface area contributed by atoms with Crippen molar-refractivity contribution in [3.05, 3.63) is 30.1 Å². The molecule has 18 heavy (non-hydrogen) atoms. The third-order valence-corrected chi connectivity index (χ3v) is 3.48. The van der Waals surface area contributed by atoms with Crippen LogP contribution in [0.5, 0.6) is 0 Å². The lowest BCUT2D eigenvalue weighted by atomic mass is 10.1. The molecule has 1 aromatic heterocycles. The van der Waals surface area contributed by atoms with Crippen LogP contribution in [0.1, 0.15) is 12.1 Å². The minimum absolute atomic E-state index is 0.634. The lowest BCUT2D eigenvalue weighted by molar-refractivity contribution is 0.212. The molecule has 1 aromatic rings. The molecule has 0 spiro atoms. The van der Waals surface area contributed by atoms with Crippen molar-refractivity contribution in [2.45, 2.75) is 19.0 Å². The molecule has 0 saturated carbocycles. The van der Waals surface area contributed by atoms with Crippen molar-refractivity contribution in [1.82, 2.24) is 20.1 Å². The smallest absolute Gasteiger partial charge is 0.0543 e. The quantitative estimate of drug-likeness (QED) is 0.835. The Morgan fingerprint density at radius 1 is 1.50 bits per heavy atom. The number of hydrogen-bond donors (Lipinski definition) is 1. The molecule has 1 atom stereocenters. The molecule has 100 valence electrons. The first-order chi connectivity index (χ1) is 8.74. The van der Waals surface area contributed by atoms with Gasteiger partial charge < -0.3 is 15.1 Å². The van der Waals surface area contributed by atoms with Crippen LogP contribution in [0.25, 0.3) is 0 Å². The molecule has 0 aromatic carbocycles. The highest BCUT2D eigenvalue weighted by molar-refractivity contribution is 5.03. The topological polar surface area (TPSA) is 31.4 Å². The van der Waals surface area contributed by atoms with Gasteiger partial charge in [0.05, 0.1) is 5.69 Å². The fourth-order valence-corrected chi connectivity index (χ4v) is 2.41. The highest BCUT2D eigenvalue weighted by Gasteiger charge is 2.16. The SMILES string of the molecule is CN(CCC1CN(C)CCN1)Cc1ccccn1. The second-order valence-electron chi connectivity index (χ2n) is 5.26. The van der Waals surface area contributed by atoms with E-state index in [1.807, 2.05) is 18.3 Å². The van der Waals surface area contributed by atoms with Crippen molar-refractivity contribution in [2.75, 3.05) is 40.3 Å². The molecule has 1 N–H and O–H groups in total. The first kappa shape index (κ1) is 13.5. The fraction of sp³-hybridized carbons (Fsp3) is 0.643. The number of likely N-dealkylation sites (N-methyl/N-ethyl adjacent to an activating group) is 1. The van der Waals surface area contributed by atoms with Gasteiger partial charge in [0.15, 0.2) is 0 Å². The molecule has 0 amide bonds. The van der Waals surface area contributed by atoms with Gasteiger partial charge in [-0.2, -0.15) is 0 Å². The Bertz CT molecular complexity index is 341. The van der Waals surface area contributed by atoms with Gasteiger partial charge in [-0.25, -0.2) is 0 Å². The summed E-state index contributed by atoms with van der Waals surface area (Å²) in [5, 5.41) is 3.58. The maximum atomic E-state index is 4.36. The van der Waals surface area contributed by atoms with Crippen molar-refractivity contribution in [3.8, 4) is 0 Å². The minimum atomic E-state index is 0.634. The van der Waals surface area contributed by atoms with Gasteiger partial charge in [0.2, 0.25) is 0 Å². The molecule has 1 saturated heterocycles. The van der Waals surface area contributed by atoms with Crippen LogP contribution >= 0.6 is 0 Å². The molecule has 2 heterocycles. The van der Waals surface area contributed by atoms with E-state index < -0.39 is 0 Å². The first-order valence-corrected chi connectivity index (χ1v) is 6.74. The van der Waals surface area contributed by atoms with Crippen LogP contribution in [-0.4, -0.2) is 61.1 Å². The Balaban J connectivity index is 1.70. The summed E-state index contributed by atoms with van der Waals surface area (Å²) in [4.78, 5) is 9.11. The van der Waals surface area contributed by atoms with Crippen molar-refractivity contribution in [2.24, 2.45) is 0 Å². The second kappa shape index (κ2) is 6.83. The summed E-state index contributed by atoms with van der Waals surface area (Å²) in [5.41, 5.74) is 1.15. The monoisotopic (exact) mass is 248 g/mol. The van der Waals surface area contributed by atoms with E-state index in [-0.39, 0.29) is 0 Å². The number of hydrogen-bond acceptors (Lipinski definition) is 4. The normalized spacial score (nSPS) is 21.4. The van der Waals surface area contributed by atoms with E-state index in [0.29, 0.717) is 6.04 Å². The average molecular weight is 248 g/mol. The Morgan fingerprint density at radius 2 is 2.39 bits per heavy atom. The van der Waals surface area contributed by atoms with Crippen LogP contribution in [0.2, 0.25) is 0 Å². The molecule has 0 aliphatic carbocycles. The average Bonchev–Trinajstić information content (AvgIpc) is 2.38. The summed E-state index contributed by atoms with van der Waals surface area (Å²) < 4.78 is 0. The van der Waals surface area contributed by atoms with Crippen LogP contribution in [0.4, 0.5) is 0 Å². The summed E-state index contributed by atoms with van der Waals surface area (Å²) in [5.74, 6) is 0. The Labute approximate surface area is 110 Å². The number of nitrogens with one attached hydrogen (secondary N) is 1. The van der Waals surface area contributed by atoms with Gasteiger partial charge in [-0.1, -0.05) is 6.07 Å². The van der Waals surface area contributed by atoms with Gasteiger partial charge >= 0.3 is 0 Å². The maximum absolute atomic E-state index is 4.36. The van der Waals surface area contributed by atoms with Gasteiger partial charge in [-0.05, 0) is 39.2 Å². The number of nitrogens with zero attached hydrogens (tertiary/aromatic N) is 3. The van der Waals surface area contributed by atoms with Gasteiger partial charge in [-0.15, -0.1) is 0 Å². The molecule has 0 bridgehead atoms. The molecular formula is C14H24N4. The maximum Gasteiger partial charge on any atom is 0.0543 e. The summed E-state index contributed by atoms with van der Waals surface area (Å²) in [7, 11) is 4.37. The highest BCUT2D eigenvalue weighted by Crippen LogP contribution is 2.04. The Kier molecular flexibility index (Phi) is 5.11. The minimum Gasteiger partial charge on any atom is -0.311 e. The third-order valence-electron chi connectivity index (χ3n) is 3.48. The van der Waals surface area contributed by atoms with Crippen molar-refractivity contribution in [3.63, 3.8) is 0 Å². The third kappa shape index (κ3) is 4.37. The van der Waals surface area contributed by atoms with E-state index >= 15 is 0 Å². The molecular weight excluding hydrogens is 224 g/mol. The van der Waals surface area contributed by atoms with E-state index in [0.717, 1.165) is 31.9 Å². The predicted octanol–water partition coefficient (Wildman–Crippen LogP) is 0.807. The van der Waals surface area contributed by atoms with E-state index in [4.69, 9.17) is 0 Å². The molecule has 0 radical (unpaired) electrons. The standard InChI is InChI=1S/C14H24N4/c1-17(11-13-5-3-4-7-15-13)9-6-14-12-18(2)10-8-16-14/h3-5,7,14,16H,6,8-12H2,1-2H3. The van der Waals surface area contributed by atoms with E-state index in [9.17, 15) is 0 Å². The van der Waals surface area contributed by atoms with Gasteiger partial charge in [0.1, 0.15) is 0 Å². The Morgan fingerprint density at radius 3 is 3.11 bits per heavy atom. The molecule has 1 aliphatic heterocycles. The molecule has 1 unspecified atom stereocenters. The zero-order valence-electron chi connectivity index (χ0n) is 11.5. The number of rotatable bonds is 5. The molecule has 4 heteroatoms. The van der Waals surface area contributed by atoms with Crippen molar-refractivity contribution >= 4 is 0 Å². The van der Waals surface area contributed by atoms with E-state index in [2.05, 4.69) is 40.3 Å². The summed E-state index contributed by atoms with van der Waals surface area (Å²) in [6, 6.07) is 6.73. The summed E-state index contributed by atoms with van der Waals surface area (Å²) >= 11 is 0. The van der Waals surface area contributed by atoms with Crippen LogP contribution in [-0.2, 0) is 6.54 Å². The van der Waals surface area contributed by atoms with Crippen molar-refractivity contribution in [1.29, 1.82) is 0 Å². The second-order valence-corrected chi connectivity index (χ2v) is 5.26. The number of aromatic nitrogens is 1. The molecule has 1 fully saturated rings.